The Kier molecular flexibility index (Phi) is 7.01. The number of hydrogen-bond donors (Lipinski definition) is 3. The van der Waals surface area contributed by atoms with E-state index in [4.69, 9.17) is 0 Å². The van der Waals surface area contributed by atoms with Crippen LogP contribution in [-0.2, 0) is 13.0 Å². The predicted octanol–water partition coefficient (Wildman–Crippen LogP) is 4.53. The summed E-state index contributed by atoms with van der Waals surface area (Å²) in [5.41, 5.74) is 3.53. The van der Waals surface area contributed by atoms with E-state index in [1.807, 2.05) is 31.2 Å². The van der Waals surface area contributed by atoms with Crippen molar-refractivity contribution >= 4 is 5.91 Å². The summed E-state index contributed by atoms with van der Waals surface area (Å²) < 4.78 is 0. The van der Waals surface area contributed by atoms with Crippen molar-refractivity contribution in [2.45, 2.75) is 46.1 Å². The summed E-state index contributed by atoms with van der Waals surface area (Å²) in [7, 11) is 0. The maximum Gasteiger partial charge on any atom is 0.255 e. The highest BCUT2D eigenvalue weighted by Crippen LogP contribution is 2.42. The van der Waals surface area contributed by atoms with Gasteiger partial charge in [-0.2, -0.15) is 0 Å². The highest BCUT2D eigenvalue weighted by Gasteiger charge is 2.23. The SMILES string of the molecule is CCCCCc1cc(O)c(-c2cccc(C)c2)c(O)c1C(=O)NCc1cncnc1. The van der Waals surface area contributed by atoms with Crippen molar-refractivity contribution in [1.82, 2.24) is 15.3 Å². The van der Waals surface area contributed by atoms with E-state index >= 15 is 0 Å². The van der Waals surface area contributed by atoms with E-state index in [0.717, 1.165) is 30.4 Å². The Morgan fingerprint density at radius 1 is 1.10 bits per heavy atom. The minimum atomic E-state index is -0.392. The normalized spacial score (nSPS) is 10.7. The van der Waals surface area contributed by atoms with Crippen molar-refractivity contribution in [3.8, 4) is 22.6 Å². The molecule has 0 saturated heterocycles. The Labute approximate surface area is 176 Å². The summed E-state index contributed by atoms with van der Waals surface area (Å²) in [6, 6.07) is 9.07. The lowest BCUT2D eigenvalue weighted by Gasteiger charge is -2.17. The molecule has 30 heavy (non-hydrogen) atoms. The number of phenolic OH excluding ortho intramolecular Hbond substituents is 2. The van der Waals surface area contributed by atoms with E-state index in [1.165, 1.54) is 6.33 Å². The molecule has 0 unspecified atom stereocenters. The molecule has 2 aromatic carbocycles. The van der Waals surface area contributed by atoms with Crippen LogP contribution in [0.4, 0.5) is 0 Å². The van der Waals surface area contributed by atoms with Crippen LogP contribution in [0.1, 0.15) is 53.2 Å². The Hall–Kier alpha value is -3.41. The fourth-order valence-electron chi connectivity index (χ4n) is 3.50. The van der Waals surface area contributed by atoms with Gasteiger partial charge in [-0.25, -0.2) is 9.97 Å². The molecule has 6 heteroatoms. The molecule has 1 aromatic heterocycles. The minimum Gasteiger partial charge on any atom is -0.507 e. The average molecular weight is 405 g/mol. The first kappa shape index (κ1) is 21.3. The van der Waals surface area contributed by atoms with Crippen LogP contribution in [0.5, 0.6) is 11.5 Å². The number of phenols is 2. The Bertz CT molecular complexity index is 1020. The molecule has 0 radical (unpaired) electrons. The van der Waals surface area contributed by atoms with Crippen LogP contribution in [-0.4, -0.2) is 26.1 Å². The van der Waals surface area contributed by atoms with Gasteiger partial charge in [-0.1, -0.05) is 49.6 Å². The van der Waals surface area contributed by atoms with Crippen molar-refractivity contribution in [3.63, 3.8) is 0 Å². The summed E-state index contributed by atoms with van der Waals surface area (Å²) in [6.45, 7) is 4.28. The maximum absolute atomic E-state index is 13.1. The molecule has 3 rings (SSSR count). The topological polar surface area (TPSA) is 95.3 Å². The van der Waals surface area contributed by atoms with Crippen LogP contribution in [0, 0.1) is 6.92 Å². The molecule has 3 N–H and O–H groups in total. The van der Waals surface area contributed by atoms with E-state index in [0.29, 0.717) is 17.5 Å². The zero-order chi connectivity index (χ0) is 21.5. The van der Waals surface area contributed by atoms with Gasteiger partial charge in [0, 0.05) is 24.5 Å². The number of carbonyl (C=O) groups excluding carboxylic acids is 1. The van der Waals surface area contributed by atoms with E-state index in [-0.39, 0.29) is 29.2 Å². The van der Waals surface area contributed by atoms with Gasteiger partial charge in [0.15, 0.2) is 0 Å². The van der Waals surface area contributed by atoms with Gasteiger partial charge in [-0.3, -0.25) is 4.79 Å². The van der Waals surface area contributed by atoms with Crippen LogP contribution >= 0.6 is 0 Å². The lowest BCUT2D eigenvalue weighted by Crippen LogP contribution is -2.24. The smallest absolute Gasteiger partial charge is 0.255 e. The number of aryl methyl sites for hydroxylation is 2. The molecule has 1 heterocycles. The van der Waals surface area contributed by atoms with Gasteiger partial charge in [0.25, 0.3) is 5.91 Å². The molecule has 0 saturated carbocycles. The van der Waals surface area contributed by atoms with E-state index in [9.17, 15) is 15.0 Å². The highest BCUT2D eigenvalue weighted by molar-refractivity contribution is 6.01. The number of nitrogens with one attached hydrogen (secondary N) is 1. The van der Waals surface area contributed by atoms with Crippen molar-refractivity contribution in [1.29, 1.82) is 0 Å². The summed E-state index contributed by atoms with van der Waals surface area (Å²) in [5, 5.41) is 24.6. The van der Waals surface area contributed by atoms with Crippen molar-refractivity contribution < 1.29 is 15.0 Å². The predicted molar refractivity (Wildman–Crippen MR) is 116 cm³/mol. The average Bonchev–Trinajstić information content (AvgIpc) is 2.73. The number of rotatable bonds is 8. The second kappa shape index (κ2) is 9.87. The molecule has 0 aliphatic rings. The van der Waals surface area contributed by atoms with Gasteiger partial charge in [-0.05, 0) is 37.0 Å². The summed E-state index contributed by atoms with van der Waals surface area (Å²) in [4.78, 5) is 21.0. The second-order valence-corrected chi connectivity index (χ2v) is 7.41. The quantitative estimate of drug-likeness (QED) is 0.479. The molecule has 3 aromatic rings. The highest BCUT2D eigenvalue weighted by atomic mass is 16.3. The lowest BCUT2D eigenvalue weighted by molar-refractivity contribution is 0.0947. The lowest BCUT2D eigenvalue weighted by atomic mass is 9.92. The largest absolute Gasteiger partial charge is 0.507 e. The van der Waals surface area contributed by atoms with Crippen LogP contribution < -0.4 is 5.32 Å². The number of nitrogens with zero attached hydrogens (tertiary/aromatic N) is 2. The van der Waals surface area contributed by atoms with Crippen LogP contribution in [0.3, 0.4) is 0 Å². The number of amides is 1. The fourth-order valence-corrected chi connectivity index (χ4v) is 3.50. The van der Waals surface area contributed by atoms with Gasteiger partial charge in [0.2, 0.25) is 0 Å². The summed E-state index contributed by atoms with van der Waals surface area (Å²) >= 11 is 0. The van der Waals surface area contributed by atoms with Gasteiger partial charge in [-0.15, -0.1) is 0 Å². The fraction of sp³-hybridized carbons (Fsp3) is 0.292. The van der Waals surface area contributed by atoms with Gasteiger partial charge in [0.1, 0.15) is 17.8 Å². The third-order valence-corrected chi connectivity index (χ3v) is 5.01. The first-order valence-electron chi connectivity index (χ1n) is 10.2. The maximum atomic E-state index is 13.1. The molecule has 6 nitrogen and oxygen atoms in total. The molecular weight excluding hydrogens is 378 g/mol. The van der Waals surface area contributed by atoms with Gasteiger partial charge in [0.05, 0.1) is 11.1 Å². The zero-order valence-electron chi connectivity index (χ0n) is 17.4. The van der Waals surface area contributed by atoms with Crippen molar-refractivity contribution in [2.24, 2.45) is 0 Å². The molecule has 0 fully saturated rings. The first-order valence-corrected chi connectivity index (χ1v) is 10.2. The molecule has 0 atom stereocenters. The number of unbranched alkanes of at least 4 members (excludes halogenated alkanes) is 2. The number of aromatic nitrogens is 2. The molecule has 0 spiro atoms. The van der Waals surface area contributed by atoms with Crippen molar-refractivity contribution in [3.05, 3.63) is 71.3 Å². The third kappa shape index (κ3) is 4.95. The third-order valence-electron chi connectivity index (χ3n) is 5.01. The van der Waals surface area contributed by atoms with E-state index in [2.05, 4.69) is 22.2 Å². The van der Waals surface area contributed by atoms with E-state index in [1.54, 1.807) is 18.5 Å². The van der Waals surface area contributed by atoms with Crippen molar-refractivity contribution in [2.75, 3.05) is 0 Å². The summed E-state index contributed by atoms with van der Waals surface area (Å²) in [5.74, 6) is -0.622. The number of aromatic hydroxyl groups is 2. The van der Waals surface area contributed by atoms with Crippen LogP contribution in [0.2, 0.25) is 0 Å². The Morgan fingerprint density at radius 2 is 1.87 bits per heavy atom. The Balaban J connectivity index is 2.00. The molecule has 156 valence electrons. The molecule has 0 bridgehead atoms. The molecule has 1 amide bonds. The van der Waals surface area contributed by atoms with E-state index < -0.39 is 5.91 Å². The Morgan fingerprint density at radius 3 is 2.57 bits per heavy atom. The second-order valence-electron chi connectivity index (χ2n) is 7.41. The van der Waals surface area contributed by atoms with Gasteiger partial charge >= 0.3 is 0 Å². The summed E-state index contributed by atoms with van der Waals surface area (Å²) in [6.07, 6.45) is 8.19. The van der Waals surface area contributed by atoms with Crippen LogP contribution in [0.15, 0.2) is 49.1 Å². The molecular formula is C24H27N3O3. The number of hydrogen-bond acceptors (Lipinski definition) is 5. The van der Waals surface area contributed by atoms with Crippen LogP contribution in [0.25, 0.3) is 11.1 Å². The number of benzene rings is 2. The standard InChI is InChI=1S/C24H27N3O3/c1-3-4-5-8-19-11-20(28)21(18-9-6-7-16(2)10-18)23(29)22(19)24(30)27-14-17-12-25-15-26-13-17/h6-7,9-13,15,28-29H,3-5,8,14H2,1-2H3,(H,27,30). The van der Waals surface area contributed by atoms with Gasteiger partial charge < -0.3 is 15.5 Å². The monoisotopic (exact) mass is 405 g/mol. The molecule has 0 aliphatic carbocycles. The number of carbonyl (C=O) groups is 1. The molecule has 0 aliphatic heterocycles. The first-order chi connectivity index (χ1) is 14.5. The minimum absolute atomic E-state index is 0.0300. The zero-order valence-corrected chi connectivity index (χ0v) is 17.4.